The molecule has 3 N–H and O–H groups in total. The lowest BCUT2D eigenvalue weighted by atomic mass is 9.99. The van der Waals surface area contributed by atoms with Crippen LogP contribution in [0, 0.1) is 23.7 Å². The van der Waals surface area contributed by atoms with Crippen molar-refractivity contribution in [1.29, 1.82) is 0 Å². The molecule has 17 nitrogen and oxygen atoms in total. The minimum Gasteiger partial charge on any atom is -0.462 e. The Labute approximate surface area is 588 Å². The van der Waals surface area contributed by atoms with Gasteiger partial charge in [0, 0.05) is 25.7 Å². The van der Waals surface area contributed by atoms with Gasteiger partial charge in [-0.1, -0.05) is 338 Å². The summed E-state index contributed by atoms with van der Waals surface area (Å²) in [7, 11) is -9.92. The molecule has 0 aliphatic carbocycles. The van der Waals surface area contributed by atoms with Crippen molar-refractivity contribution in [1.82, 2.24) is 0 Å². The van der Waals surface area contributed by atoms with Gasteiger partial charge >= 0.3 is 39.5 Å². The summed E-state index contributed by atoms with van der Waals surface area (Å²) in [5.74, 6) is 0.991. The molecular weight excluding hydrogens is 1260 g/mol. The number of carbonyl (C=O) groups is 4. The molecule has 0 heterocycles. The van der Waals surface area contributed by atoms with Crippen LogP contribution in [0.15, 0.2) is 0 Å². The lowest BCUT2D eigenvalue weighted by molar-refractivity contribution is -0.161. The third kappa shape index (κ3) is 69.2. The average molecular weight is 1410 g/mol. The van der Waals surface area contributed by atoms with Crippen molar-refractivity contribution >= 4 is 39.5 Å². The van der Waals surface area contributed by atoms with Crippen LogP contribution < -0.4 is 0 Å². The summed E-state index contributed by atoms with van der Waals surface area (Å²) in [4.78, 5) is 72.9. The summed E-state index contributed by atoms with van der Waals surface area (Å²) in [5.41, 5.74) is 0. The van der Waals surface area contributed by atoms with E-state index in [1.165, 1.54) is 193 Å². The molecule has 0 saturated carbocycles. The standard InChI is InChI=1S/C77H150O17P2/c1-9-70(8)56-48-40-32-24-18-20-28-36-44-52-60-77(82)94-73(64-88-75(80)58-50-42-34-26-19-17-23-31-39-47-55-69(6)7)66-92-96(85,86)90-62-71(78)61-89-95(83,84)91-65-72(63-87-74(79)57-49-41-33-25-16-12-14-22-30-38-46-54-68(4)5)93-76(81)59-51-43-35-27-15-11-10-13-21-29-37-45-53-67(2)3/h67-73,78H,9-66H2,1-8H3,(H,83,84)(H,85,86)/t70?,71-,72-,73-/m1/s1. The SMILES string of the molecule is CCC(C)CCCCCCCCCCCCC(=O)O[C@H](COC(=O)CCCCCCCCCCCCC(C)C)COP(=O)(O)OC[C@H](O)COP(=O)(O)OC[C@@H](COC(=O)CCCCCCCCCCCCCC(C)C)OC(=O)CCCCCCCCCCCCCCC(C)C. The number of unbranched alkanes of at least 4 members (excludes halogenated alkanes) is 39. The molecule has 0 aromatic carbocycles. The molecule has 0 aliphatic heterocycles. The van der Waals surface area contributed by atoms with E-state index in [2.05, 4.69) is 55.4 Å². The number of phosphoric ester groups is 2. The van der Waals surface area contributed by atoms with Crippen LogP contribution in [0.1, 0.15) is 389 Å². The molecule has 0 spiro atoms. The number of aliphatic hydroxyl groups is 1. The summed E-state index contributed by atoms with van der Waals surface area (Å²) in [6, 6.07) is 0. The molecule has 0 aliphatic rings. The monoisotopic (exact) mass is 1410 g/mol. The summed E-state index contributed by atoms with van der Waals surface area (Å²) < 4.78 is 68.6. The first-order chi connectivity index (χ1) is 46.1. The minimum atomic E-state index is -4.96. The first kappa shape index (κ1) is 94.1. The molecule has 0 amide bonds. The lowest BCUT2D eigenvalue weighted by Gasteiger charge is -2.21. The molecule has 0 rings (SSSR count). The second kappa shape index (κ2) is 66.3. The van der Waals surface area contributed by atoms with Crippen molar-refractivity contribution in [2.75, 3.05) is 39.6 Å². The number of hydrogen-bond acceptors (Lipinski definition) is 15. The third-order valence-corrected chi connectivity index (χ3v) is 20.1. The van der Waals surface area contributed by atoms with Gasteiger partial charge in [-0.15, -0.1) is 0 Å². The third-order valence-electron chi connectivity index (χ3n) is 18.2. The molecule has 0 saturated heterocycles. The number of phosphoric acid groups is 2. The maximum Gasteiger partial charge on any atom is 0.472 e. The molecule has 3 unspecified atom stereocenters. The zero-order valence-electron chi connectivity index (χ0n) is 63.0. The van der Waals surface area contributed by atoms with E-state index in [9.17, 15) is 43.2 Å². The summed E-state index contributed by atoms with van der Waals surface area (Å²) in [6.07, 6.45) is 51.1. The van der Waals surface area contributed by atoms with Crippen LogP contribution >= 0.6 is 15.6 Å². The fourth-order valence-corrected chi connectivity index (χ4v) is 13.3. The van der Waals surface area contributed by atoms with Gasteiger partial charge in [0.25, 0.3) is 0 Å². The fraction of sp³-hybridized carbons (Fsp3) is 0.948. The summed E-state index contributed by atoms with van der Waals surface area (Å²) in [5, 5.41) is 10.6. The van der Waals surface area contributed by atoms with E-state index in [1.54, 1.807) is 0 Å². The van der Waals surface area contributed by atoms with Crippen LogP contribution in [0.3, 0.4) is 0 Å². The van der Waals surface area contributed by atoms with E-state index in [1.807, 2.05) is 0 Å². The van der Waals surface area contributed by atoms with Gasteiger partial charge in [0.15, 0.2) is 12.2 Å². The Morgan fingerprint density at radius 3 is 0.740 bits per heavy atom. The maximum absolute atomic E-state index is 13.1. The Kier molecular flexibility index (Phi) is 65.0. The second-order valence-electron chi connectivity index (χ2n) is 29.4. The molecule has 96 heavy (non-hydrogen) atoms. The summed E-state index contributed by atoms with van der Waals surface area (Å²) in [6.45, 7) is 14.2. The minimum absolute atomic E-state index is 0.106. The first-order valence-corrected chi connectivity index (χ1v) is 42.7. The number of aliphatic hydroxyl groups excluding tert-OH is 1. The molecule has 0 aromatic heterocycles. The number of hydrogen-bond donors (Lipinski definition) is 3. The van der Waals surface area contributed by atoms with Crippen molar-refractivity contribution in [2.24, 2.45) is 23.7 Å². The quantitative estimate of drug-likeness (QED) is 0.0222. The maximum atomic E-state index is 13.1. The highest BCUT2D eigenvalue weighted by molar-refractivity contribution is 7.47. The molecular formula is C77H150O17P2. The van der Waals surface area contributed by atoms with Gasteiger partial charge in [0.1, 0.15) is 19.3 Å². The Bertz CT molecular complexity index is 1890. The average Bonchev–Trinajstić information content (AvgIpc) is 3.48. The zero-order valence-corrected chi connectivity index (χ0v) is 64.8. The van der Waals surface area contributed by atoms with E-state index < -0.39 is 97.5 Å². The zero-order chi connectivity index (χ0) is 71.0. The predicted octanol–water partition coefficient (Wildman–Crippen LogP) is 22.4. The molecule has 570 valence electrons. The first-order valence-electron chi connectivity index (χ1n) is 39.7. The highest BCUT2D eigenvalue weighted by Crippen LogP contribution is 2.45. The van der Waals surface area contributed by atoms with E-state index in [0.717, 1.165) is 114 Å². The fourth-order valence-electron chi connectivity index (χ4n) is 11.7. The van der Waals surface area contributed by atoms with Gasteiger partial charge in [-0.05, 0) is 49.4 Å². The highest BCUT2D eigenvalue weighted by atomic mass is 31.2. The number of esters is 4. The van der Waals surface area contributed by atoms with Crippen molar-refractivity contribution in [3.8, 4) is 0 Å². The van der Waals surface area contributed by atoms with E-state index in [-0.39, 0.29) is 25.7 Å². The molecule has 0 radical (unpaired) electrons. The number of rotatable bonds is 74. The van der Waals surface area contributed by atoms with Gasteiger partial charge in [-0.2, -0.15) is 0 Å². The smallest absolute Gasteiger partial charge is 0.462 e. The van der Waals surface area contributed by atoms with Gasteiger partial charge in [-0.25, -0.2) is 9.13 Å². The van der Waals surface area contributed by atoms with Crippen LogP contribution in [-0.4, -0.2) is 96.7 Å². The molecule has 6 atom stereocenters. The van der Waals surface area contributed by atoms with Crippen LogP contribution in [-0.2, 0) is 65.4 Å². The topological polar surface area (TPSA) is 237 Å². The van der Waals surface area contributed by atoms with Crippen molar-refractivity contribution in [2.45, 2.75) is 408 Å². The van der Waals surface area contributed by atoms with Gasteiger partial charge < -0.3 is 33.8 Å². The van der Waals surface area contributed by atoms with Gasteiger partial charge in [0.2, 0.25) is 0 Å². The Balaban J connectivity index is 5.28. The molecule has 0 bridgehead atoms. The molecule has 0 fully saturated rings. The highest BCUT2D eigenvalue weighted by Gasteiger charge is 2.30. The van der Waals surface area contributed by atoms with Gasteiger partial charge in [-0.3, -0.25) is 37.3 Å². The van der Waals surface area contributed by atoms with E-state index >= 15 is 0 Å². The van der Waals surface area contributed by atoms with E-state index in [4.69, 9.17) is 37.0 Å². The normalized spacial score (nSPS) is 14.4. The summed E-state index contributed by atoms with van der Waals surface area (Å²) >= 11 is 0. The molecule has 19 heteroatoms. The van der Waals surface area contributed by atoms with Crippen molar-refractivity contribution in [3.63, 3.8) is 0 Å². The Hall–Kier alpha value is -1.94. The van der Waals surface area contributed by atoms with Crippen molar-refractivity contribution in [3.05, 3.63) is 0 Å². The van der Waals surface area contributed by atoms with Crippen LogP contribution in [0.4, 0.5) is 0 Å². The predicted molar refractivity (Wildman–Crippen MR) is 391 cm³/mol. The van der Waals surface area contributed by atoms with Crippen LogP contribution in [0.2, 0.25) is 0 Å². The number of ether oxygens (including phenoxy) is 4. The van der Waals surface area contributed by atoms with E-state index in [0.29, 0.717) is 25.7 Å². The Morgan fingerprint density at radius 2 is 0.500 bits per heavy atom. The largest absolute Gasteiger partial charge is 0.472 e. The lowest BCUT2D eigenvalue weighted by Crippen LogP contribution is -2.30. The Morgan fingerprint density at radius 1 is 0.292 bits per heavy atom. The van der Waals surface area contributed by atoms with Crippen LogP contribution in [0.25, 0.3) is 0 Å². The molecule has 0 aromatic rings. The number of carbonyl (C=O) groups excluding carboxylic acids is 4. The van der Waals surface area contributed by atoms with Crippen LogP contribution in [0.5, 0.6) is 0 Å². The second-order valence-corrected chi connectivity index (χ2v) is 32.3. The van der Waals surface area contributed by atoms with Crippen molar-refractivity contribution < 1.29 is 80.2 Å². The van der Waals surface area contributed by atoms with Gasteiger partial charge in [0.05, 0.1) is 26.4 Å².